The highest BCUT2D eigenvalue weighted by Gasteiger charge is 2.38. The standard InChI is InChI=1S/C30H36F3N7O4S/c1-17-7-8-19(28(41)35-21-12-20(29(2,3)4)13-22(26(21)44-5)37-45(6,42)43)11-24(17)40-15-23(36-38-40)25-14-34-27(18-9-10-18)39(25)16-30(31,32)33/h7-8,11-14,18,23,37H,9-10,15-16H2,1-6H3,(H,35,41). The zero-order chi connectivity index (χ0) is 32.9. The minimum atomic E-state index is -4.41. The molecule has 1 aliphatic heterocycles. The van der Waals surface area contributed by atoms with Gasteiger partial charge in [-0.15, -0.1) is 0 Å². The number of hydrogen-bond acceptors (Lipinski definition) is 8. The molecule has 2 aromatic carbocycles. The summed E-state index contributed by atoms with van der Waals surface area (Å²) in [7, 11) is -2.28. The van der Waals surface area contributed by atoms with Crippen LogP contribution >= 0.6 is 0 Å². The van der Waals surface area contributed by atoms with Gasteiger partial charge in [-0.2, -0.15) is 18.3 Å². The number of alkyl halides is 3. The highest BCUT2D eigenvalue weighted by atomic mass is 32.2. The fraction of sp³-hybridized carbons (Fsp3) is 0.467. The number of aryl methyl sites for hydroxylation is 1. The number of nitrogens with one attached hydrogen (secondary N) is 2. The van der Waals surface area contributed by atoms with Gasteiger partial charge in [0, 0.05) is 11.5 Å². The maximum Gasteiger partial charge on any atom is 0.406 e. The largest absolute Gasteiger partial charge is 0.492 e. The van der Waals surface area contributed by atoms with Crippen molar-refractivity contribution in [3.05, 3.63) is 64.7 Å². The van der Waals surface area contributed by atoms with Crippen molar-refractivity contribution in [2.75, 3.05) is 35.0 Å². The Balaban J connectivity index is 1.41. The molecule has 1 aliphatic carbocycles. The first-order valence-electron chi connectivity index (χ1n) is 14.4. The number of anilines is 3. The normalized spacial score (nSPS) is 17.1. The van der Waals surface area contributed by atoms with E-state index in [-0.39, 0.29) is 40.6 Å². The van der Waals surface area contributed by atoms with Gasteiger partial charge in [-0.25, -0.2) is 18.4 Å². The van der Waals surface area contributed by atoms with Crippen LogP contribution in [0, 0.1) is 6.92 Å². The average Bonchev–Trinajstić information content (AvgIpc) is 3.50. The molecule has 0 saturated heterocycles. The van der Waals surface area contributed by atoms with Crippen LogP contribution in [-0.4, -0.2) is 50.0 Å². The lowest BCUT2D eigenvalue weighted by Crippen LogP contribution is -2.24. The molecule has 1 unspecified atom stereocenters. The Morgan fingerprint density at radius 3 is 2.40 bits per heavy atom. The highest BCUT2D eigenvalue weighted by molar-refractivity contribution is 7.92. The predicted octanol–water partition coefficient (Wildman–Crippen LogP) is 6.49. The van der Waals surface area contributed by atoms with Gasteiger partial charge in [0.2, 0.25) is 10.0 Å². The molecule has 242 valence electrons. The monoisotopic (exact) mass is 647 g/mol. The molecule has 0 bridgehead atoms. The van der Waals surface area contributed by atoms with Gasteiger partial charge in [-0.1, -0.05) is 32.1 Å². The Kier molecular flexibility index (Phi) is 8.36. The number of aromatic nitrogens is 2. The van der Waals surface area contributed by atoms with Crippen molar-refractivity contribution in [3.8, 4) is 5.75 Å². The number of hydrogen-bond donors (Lipinski definition) is 2. The van der Waals surface area contributed by atoms with Crippen molar-refractivity contribution in [1.29, 1.82) is 0 Å². The summed E-state index contributed by atoms with van der Waals surface area (Å²) in [4.78, 5) is 17.9. The summed E-state index contributed by atoms with van der Waals surface area (Å²) in [6.45, 7) is 6.72. The Hall–Kier alpha value is -4.14. The van der Waals surface area contributed by atoms with Crippen LogP contribution in [0.15, 0.2) is 46.9 Å². The van der Waals surface area contributed by atoms with Crippen LogP contribution in [0.4, 0.5) is 30.2 Å². The molecule has 0 spiro atoms. The topological polar surface area (TPSA) is 130 Å². The van der Waals surface area contributed by atoms with Gasteiger partial charge >= 0.3 is 6.18 Å². The molecule has 2 heterocycles. The number of amides is 1. The van der Waals surface area contributed by atoms with E-state index in [1.54, 1.807) is 35.3 Å². The lowest BCUT2D eigenvalue weighted by atomic mass is 9.86. The van der Waals surface area contributed by atoms with E-state index in [0.29, 0.717) is 17.2 Å². The summed E-state index contributed by atoms with van der Waals surface area (Å²) in [5.74, 6) is 0.0999. The molecule has 0 radical (unpaired) electrons. The van der Waals surface area contributed by atoms with Gasteiger partial charge in [0.05, 0.1) is 48.9 Å². The number of halogens is 3. The van der Waals surface area contributed by atoms with E-state index in [0.717, 1.165) is 30.2 Å². The number of sulfonamides is 1. The van der Waals surface area contributed by atoms with Crippen LogP contribution in [0.25, 0.3) is 0 Å². The SMILES string of the molecule is COc1c(NC(=O)c2ccc(C)c(N3CC(c4cnc(C5CC5)n4CC(F)(F)F)N=N3)c2)cc(C(C)(C)C)cc1NS(C)(=O)=O. The van der Waals surface area contributed by atoms with Crippen LogP contribution < -0.4 is 19.8 Å². The van der Waals surface area contributed by atoms with E-state index in [9.17, 15) is 26.4 Å². The van der Waals surface area contributed by atoms with Gasteiger partial charge in [-0.3, -0.25) is 9.52 Å². The van der Waals surface area contributed by atoms with Crippen molar-refractivity contribution in [3.63, 3.8) is 0 Å². The number of carbonyl (C=O) groups excluding carboxylic acids is 1. The molecule has 1 amide bonds. The van der Waals surface area contributed by atoms with E-state index in [1.165, 1.54) is 17.9 Å². The molecule has 3 aromatic rings. The van der Waals surface area contributed by atoms with Gasteiger partial charge in [0.1, 0.15) is 18.4 Å². The molecule has 15 heteroatoms. The maximum atomic E-state index is 13.6. The number of nitrogens with zero attached hydrogens (tertiary/aromatic N) is 5. The molecule has 2 aliphatic rings. The quantitative estimate of drug-likeness (QED) is 0.273. The van der Waals surface area contributed by atoms with Crippen molar-refractivity contribution in [2.24, 2.45) is 10.3 Å². The summed E-state index contributed by atoms with van der Waals surface area (Å²) >= 11 is 0. The van der Waals surface area contributed by atoms with Crippen molar-refractivity contribution >= 4 is 33.0 Å². The van der Waals surface area contributed by atoms with Crippen molar-refractivity contribution in [1.82, 2.24) is 9.55 Å². The number of carbonyl (C=O) groups is 1. The fourth-order valence-corrected chi connectivity index (χ4v) is 5.77. The minimum Gasteiger partial charge on any atom is -0.492 e. The van der Waals surface area contributed by atoms with E-state index in [4.69, 9.17) is 4.74 Å². The summed E-state index contributed by atoms with van der Waals surface area (Å²) in [5.41, 5.74) is 2.78. The molecule has 5 rings (SSSR count). The first-order chi connectivity index (χ1) is 20.9. The van der Waals surface area contributed by atoms with Crippen LogP contribution in [0.5, 0.6) is 5.75 Å². The highest BCUT2D eigenvalue weighted by Crippen LogP contribution is 2.42. The first kappa shape index (κ1) is 32.3. The van der Waals surface area contributed by atoms with Crippen molar-refractivity contribution < 1.29 is 31.1 Å². The fourth-order valence-electron chi connectivity index (χ4n) is 5.22. The number of benzene rings is 2. The first-order valence-corrected chi connectivity index (χ1v) is 16.3. The van der Waals surface area contributed by atoms with E-state index in [1.807, 2.05) is 27.7 Å². The number of ether oxygens (including phenoxy) is 1. The third-order valence-corrected chi connectivity index (χ3v) is 8.23. The maximum absolute atomic E-state index is 13.6. The van der Waals surface area contributed by atoms with Gasteiger partial charge in [0.15, 0.2) is 5.75 Å². The summed E-state index contributed by atoms with van der Waals surface area (Å²) < 4.78 is 73.7. The van der Waals surface area contributed by atoms with Crippen LogP contribution in [0.3, 0.4) is 0 Å². The molecule has 1 atom stereocenters. The van der Waals surface area contributed by atoms with Crippen LogP contribution in [0.2, 0.25) is 0 Å². The Bertz CT molecular complexity index is 1760. The van der Waals surface area contributed by atoms with Crippen LogP contribution in [-0.2, 0) is 22.0 Å². The van der Waals surface area contributed by atoms with E-state index in [2.05, 4.69) is 25.4 Å². The summed E-state index contributed by atoms with van der Waals surface area (Å²) in [6.07, 6.45) is -0.317. The van der Waals surface area contributed by atoms with E-state index >= 15 is 0 Å². The summed E-state index contributed by atoms with van der Waals surface area (Å²) in [6, 6.07) is 7.74. The second kappa shape index (κ2) is 11.7. The molecular weight excluding hydrogens is 611 g/mol. The molecule has 1 aromatic heterocycles. The molecular formula is C30H36F3N7O4S. The number of imidazole rings is 1. The van der Waals surface area contributed by atoms with Crippen molar-refractivity contribution in [2.45, 2.75) is 70.6 Å². The molecule has 2 N–H and O–H groups in total. The third-order valence-electron chi connectivity index (χ3n) is 7.64. The molecule has 1 saturated carbocycles. The second-order valence-corrected chi connectivity index (χ2v) is 14.3. The minimum absolute atomic E-state index is 0.0222. The third kappa shape index (κ3) is 7.40. The van der Waals surface area contributed by atoms with Gasteiger partial charge in [0.25, 0.3) is 5.91 Å². The van der Waals surface area contributed by atoms with Gasteiger partial charge < -0.3 is 14.6 Å². The Morgan fingerprint density at radius 2 is 1.80 bits per heavy atom. The lowest BCUT2D eigenvalue weighted by molar-refractivity contribution is -0.141. The van der Waals surface area contributed by atoms with Gasteiger partial charge in [-0.05, 0) is 60.6 Å². The second-order valence-electron chi connectivity index (χ2n) is 12.5. The van der Waals surface area contributed by atoms with E-state index < -0.39 is 34.7 Å². The molecule has 1 fully saturated rings. The zero-order valence-corrected chi connectivity index (χ0v) is 26.7. The van der Waals surface area contributed by atoms with Crippen LogP contribution in [0.1, 0.15) is 78.6 Å². The smallest absolute Gasteiger partial charge is 0.406 e. The number of methoxy groups -OCH3 is 1. The average molecular weight is 648 g/mol. The Labute approximate surface area is 259 Å². The molecule has 11 nitrogen and oxygen atoms in total. The molecule has 45 heavy (non-hydrogen) atoms. The lowest BCUT2D eigenvalue weighted by Gasteiger charge is -2.24. The predicted molar refractivity (Wildman–Crippen MR) is 164 cm³/mol. The summed E-state index contributed by atoms with van der Waals surface area (Å²) in [5, 5.41) is 12.9. The zero-order valence-electron chi connectivity index (χ0n) is 25.9. The Morgan fingerprint density at radius 1 is 1.11 bits per heavy atom. The number of rotatable bonds is 9.